The molecular formula is C18H18ClNO5. The maximum atomic E-state index is 12.1. The Balaban J connectivity index is 2.04. The summed E-state index contributed by atoms with van der Waals surface area (Å²) in [5.74, 6) is 0.0514. The lowest BCUT2D eigenvalue weighted by Gasteiger charge is -2.12. The summed E-state index contributed by atoms with van der Waals surface area (Å²) in [5, 5.41) is 2.90. The highest BCUT2D eigenvalue weighted by atomic mass is 35.5. The van der Waals surface area contributed by atoms with Crippen LogP contribution in [0, 0.1) is 6.92 Å². The summed E-state index contributed by atoms with van der Waals surface area (Å²) in [5.41, 5.74) is 1.59. The predicted molar refractivity (Wildman–Crippen MR) is 94.6 cm³/mol. The molecule has 0 aliphatic carbocycles. The quantitative estimate of drug-likeness (QED) is 0.795. The van der Waals surface area contributed by atoms with Crippen LogP contribution < -0.4 is 14.8 Å². The van der Waals surface area contributed by atoms with Crippen molar-refractivity contribution in [2.45, 2.75) is 6.92 Å². The highest BCUT2D eigenvalue weighted by Gasteiger charge is 2.13. The van der Waals surface area contributed by atoms with E-state index in [-0.39, 0.29) is 12.2 Å². The summed E-state index contributed by atoms with van der Waals surface area (Å²) in [6.45, 7) is 1.69. The minimum absolute atomic E-state index is 0.238. The van der Waals surface area contributed by atoms with E-state index in [4.69, 9.17) is 21.1 Å². The van der Waals surface area contributed by atoms with Crippen molar-refractivity contribution >= 4 is 29.2 Å². The lowest BCUT2D eigenvalue weighted by atomic mass is 10.2. The molecule has 0 heterocycles. The molecule has 1 N–H and O–H groups in total. The summed E-state index contributed by atoms with van der Waals surface area (Å²) < 4.78 is 15.3. The first-order valence-electron chi connectivity index (χ1n) is 7.39. The SMILES string of the molecule is COC(=O)c1ccc(Cl)c(NC(=O)COc2ccc(C)cc2OC)c1. The molecule has 0 radical (unpaired) electrons. The van der Waals surface area contributed by atoms with E-state index >= 15 is 0 Å². The van der Waals surface area contributed by atoms with Crippen LogP contribution in [0.4, 0.5) is 5.69 Å². The number of nitrogens with one attached hydrogen (secondary N) is 1. The van der Waals surface area contributed by atoms with Crippen LogP contribution in [0.5, 0.6) is 11.5 Å². The van der Waals surface area contributed by atoms with Gasteiger partial charge in [-0.15, -0.1) is 0 Å². The Hall–Kier alpha value is -2.73. The average Bonchev–Trinajstić information content (AvgIpc) is 2.61. The van der Waals surface area contributed by atoms with E-state index in [0.29, 0.717) is 22.2 Å². The minimum atomic E-state index is -0.521. The van der Waals surface area contributed by atoms with E-state index in [1.807, 2.05) is 19.1 Å². The van der Waals surface area contributed by atoms with Gasteiger partial charge >= 0.3 is 5.97 Å². The molecule has 0 spiro atoms. The van der Waals surface area contributed by atoms with Crippen molar-refractivity contribution in [1.82, 2.24) is 0 Å². The van der Waals surface area contributed by atoms with Gasteiger partial charge in [-0.3, -0.25) is 4.79 Å². The van der Waals surface area contributed by atoms with Gasteiger partial charge in [0.15, 0.2) is 18.1 Å². The van der Waals surface area contributed by atoms with Crippen LogP contribution in [0.1, 0.15) is 15.9 Å². The second kappa shape index (κ2) is 8.39. The number of carbonyl (C=O) groups is 2. The maximum absolute atomic E-state index is 12.1. The van der Waals surface area contributed by atoms with Crippen molar-refractivity contribution in [3.8, 4) is 11.5 Å². The number of carbonyl (C=O) groups excluding carboxylic acids is 2. The van der Waals surface area contributed by atoms with Crippen LogP contribution in [-0.4, -0.2) is 32.7 Å². The van der Waals surface area contributed by atoms with Crippen LogP contribution >= 0.6 is 11.6 Å². The second-order valence-electron chi connectivity index (χ2n) is 5.18. The first-order chi connectivity index (χ1) is 11.9. The van der Waals surface area contributed by atoms with E-state index < -0.39 is 11.9 Å². The predicted octanol–water partition coefficient (Wildman–Crippen LogP) is 3.46. The maximum Gasteiger partial charge on any atom is 0.337 e. The largest absolute Gasteiger partial charge is 0.493 e. The molecular weight excluding hydrogens is 346 g/mol. The van der Waals surface area contributed by atoms with Gasteiger partial charge in [0.25, 0.3) is 5.91 Å². The van der Waals surface area contributed by atoms with E-state index in [2.05, 4.69) is 10.1 Å². The van der Waals surface area contributed by atoms with Crippen molar-refractivity contribution in [2.24, 2.45) is 0 Å². The monoisotopic (exact) mass is 363 g/mol. The highest BCUT2D eigenvalue weighted by Crippen LogP contribution is 2.28. The number of rotatable bonds is 6. The number of benzene rings is 2. The molecule has 1 amide bonds. The summed E-state index contributed by atoms with van der Waals surface area (Å²) in [6, 6.07) is 9.85. The first kappa shape index (κ1) is 18.6. The molecule has 0 aromatic heterocycles. The standard InChI is InChI=1S/C18H18ClNO5/c1-11-4-7-15(16(8-11)23-2)25-10-17(21)20-14-9-12(18(22)24-3)5-6-13(14)19/h4-9H,10H2,1-3H3,(H,20,21). The summed E-state index contributed by atoms with van der Waals surface area (Å²) in [6.07, 6.45) is 0. The minimum Gasteiger partial charge on any atom is -0.493 e. The van der Waals surface area contributed by atoms with Crippen molar-refractivity contribution in [3.05, 3.63) is 52.5 Å². The van der Waals surface area contributed by atoms with Gasteiger partial charge in [-0.05, 0) is 42.8 Å². The molecule has 0 saturated heterocycles. The Morgan fingerprint density at radius 2 is 1.84 bits per heavy atom. The van der Waals surface area contributed by atoms with Crippen LogP contribution in [0.2, 0.25) is 5.02 Å². The Labute approximate surface area is 150 Å². The normalized spacial score (nSPS) is 10.1. The van der Waals surface area contributed by atoms with Crippen molar-refractivity contribution in [1.29, 1.82) is 0 Å². The van der Waals surface area contributed by atoms with E-state index in [1.165, 1.54) is 32.4 Å². The fraction of sp³-hybridized carbons (Fsp3) is 0.222. The smallest absolute Gasteiger partial charge is 0.337 e. The molecule has 0 saturated carbocycles. The first-order valence-corrected chi connectivity index (χ1v) is 7.77. The zero-order valence-electron chi connectivity index (χ0n) is 14.1. The summed E-state index contributed by atoms with van der Waals surface area (Å²) in [4.78, 5) is 23.7. The van der Waals surface area contributed by atoms with E-state index in [1.54, 1.807) is 6.07 Å². The molecule has 25 heavy (non-hydrogen) atoms. The molecule has 0 aliphatic heterocycles. The third-order valence-electron chi connectivity index (χ3n) is 3.34. The lowest BCUT2D eigenvalue weighted by molar-refractivity contribution is -0.118. The molecule has 0 fully saturated rings. The van der Waals surface area contributed by atoms with Gasteiger partial charge in [0.2, 0.25) is 0 Å². The molecule has 2 aromatic carbocycles. The Kier molecular flexibility index (Phi) is 6.25. The van der Waals surface area contributed by atoms with Gasteiger partial charge in [-0.25, -0.2) is 4.79 Å². The number of hydrogen-bond donors (Lipinski definition) is 1. The lowest BCUT2D eigenvalue weighted by Crippen LogP contribution is -2.20. The zero-order chi connectivity index (χ0) is 18.4. The highest BCUT2D eigenvalue weighted by molar-refractivity contribution is 6.33. The molecule has 0 bridgehead atoms. The number of aryl methyl sites for hydroxylation is 1. The second-order valence-corrected chi connectivity index (χ2v) is 5.58. The van der Waals surface area contributed by atoms with Crippen molar-refractivity contribution < 1.29 is 23.8 Å². The Morgan fingerprint density at radius 3 is 2.52 bits per heavy atom. The molecule has 2 rings (SSSR count). The third-order valence-corrected chi connectivity index (χ3v) is 3.67. The third kappa shape index (κ3) is 4.87. The van der Waals surface area contributed by atoms with Gasteiger partial charge in [-0.2, -0.15) is 0 Å². The topological polar surface area (TPSA) is 73.9 Å². The number of ether oxygens (including phenoxy) is 3. The fourth-order valence-corrected chi connectivity index (χ4v) is 2.25. The van der Waals surface area contributed by atoms with Gasteiger partial charge < -0.3 is 19.5 Å². The van der Waals surface area contributed by atoms with Crippen LogP contribution in [-0.2, 0) is 9.53 Å². The summed E-state index contributed by atoms with van der Waals surface area (Å²) >= 11 is 6.04. The van der Waals surface area contributed by atoms with E-state index in [9.17, 15) is 9.59 Å². The summed E-state index contributed by atoms with van der Waals surface area (Å²) in [7, 11) is 2.80. The molecule has 0 atom stereocenters. The van der Waals surface area contributed by atoms with E-state index in [0.717, 1.165) is 5.56 Å². The number of esters is 1. The molecule has 0 unspecified atom stereocenters. The van der Waals surface area contributed by atoms with Crippen LogP contribution in [0.25, 0.3) is 0 Å². The number of hydrogen-bond acceptors (Lipinski definition) is 5. The molecule has 0 aliphatic rings. The van der Waals surface area contributed by atoms with Gasteiger partial charge in [-0.1, -0.05) is 17.7 Å². The molecule has 6 nitrogen and oxygen atoms in total. The Bertz CT molecular complexity index is 791. The van der Waals surface area contributed by atoms with Crippen LogP contribution in [0.3, 0.4) is 0 Å². The van der Waals surface area contributed by atoms with Crippen molar-refractivity contribution in [2.75, 3.05) is 26.1 Å². The van der Waals surface area contributed by atoms with Gasteiger partial charge in [0, 0.05) is 0 Å². The number of methoxy groups -OCH3 is 2. The average molecular weight is 364 g/mol. The van der Waals surface area contributed by atoms with Crippen LogP contribution in [0.15, 0.2) is 36.4 Å². The number of amides is 1. The molecule has 132 valence electrons. The van der Waals surface area contributed by atoms with Gasteiger partial charge in [0.1, 0.15) is 0 Å². The zero-order valence-corrected chi connectivity index (χ0v) is 14.8. The fourth-order valence-electron chi connectivity index (χ4n) is 2.09. The molecule has 7 heteroatoms. The number of anilines is 1. The Morgan fingerprint density at radius 1 is 1.08 bits per heavy atom. The molecule has 2 aromatic rings. The van der Waals surface area contributed by atoms with Gasteiger partial charge in [0.05, 0.1) is 30.5 Å². The van der Waals surface area contributed by atoms with Crippen molar-refractivity contribution in [3.63, 3.8) is 0 Å². The number of halogens is 1.